The molecule has 1 aromatic carbocycles. The summed E-state index contributed by atoms with van der Waals surface area (Å²) >= 11 is 0. The van der Waals surface area contributed by atoms with Crippen molar-refractivity contribution >= 4 is 5.91 Å². The van der Waals surface area contributed by atoms with Crippen molar-refractivity contribution in [3.8, 4) is 5.75 Å². The number of carbonyl (C=O) groups is 1. The molecule has 100 valence electrons. The number of hydrogen-bond donors (Lipinski definition) is 2. The van der Waals surface area contributed by atoms with E-state index in [2.05, 4.69) is 5.32 Å². The fourth-order valence-electron chi connectivity index (χ4n) is 1.32. The van der Waals surface area contributed by atoms with Gasteiger partial charge < -0.3 is 15.2 Å². The lowest BCUT2D eigenvalue weighted by Gasteiger charge is -2.27. The van der Waals surface area contributed by atoms with E-state index in [9.17, 15) is 9.18 Å². The summed E-state index contributed by atoms with van der Waals surface area (Å²) in [6.45, 7) is 3.26. The Labute approximate surface area is 106 Å². The second-order valence-corrected chi connectivity index (χ2v) is 4.37. The number of aliphatic hydroxyl groups excluding tert-OH is 1. The quantitative estimate of drug-likeness (QED) is 0.809. The van der Waals surface area contributed by atoms with Crippen molar-refractivity contribution in [2.75, 3.05) is 13.2 Å². The van der Waals surface area contributed by atoms with Crippen LogP contribution >= 0.6 is 0 Å². The predicted molar refractivity (Wildman–Crippen MR) is 65.8 cm³/mol. The van der Waals surface area contributed by atoms with Gasteiger partial charge in [0, 0.05) is 6.07 Å². The highest BCUT2D eigenvalue weighted by Crippen LogP contribution is 2.12. The van der Waals surface area contributed by atoms with Crippen LogP contribution in [-0.4, -0.2) is 29.8 Å². The van der Waals surface area contributed by atoms with E-state index in [-0.39, 0.29) is 19.1 Å². The van der Waals surface area contributed by atoms with Gasteiger partial charge in [-0.1, -0.05) is 13.0 Å². The van der Waals surface area contributed by atoms with Gasteiger partial charge in [-0.2, -0.15) is 0 Å². The van der Waals surface area contributed by atoms with E-state index in [1.807, 2.05) is 6.92 Å². The molecule has 5 heteroatoms. The Kier molecular flexibility index (Phi) is 5.09. The third-order valence-electron chi connectivity index (χ3n) is 2.74. The SMILES string of the molecule is CCC(C)(CO)NC(=O)COc1cccc(F)c1. The fraction of sp³-hybridized carbons (Fsp3) is 0.462. The maximum atomic E-state index is 12.9. The van der Waals surface area contributed by atoms with Crippen molar-refractivity contribution in [1.82, 2.24) is 5.32 Å². The van der Waals surface area contributed by atoms with E-state index in [1.165, 1.54) is 18.2 Å². The number of benzene rings is 1. The fourth-order valence-corrected chi connectivity index (χ4v) is 1.32. The van der Waals surface area contributed by atoms with Crippen LogP contribution in [0.2, 0.25) is 0 Å². The lowest BCUT2D eigenvalue weighted by atomic mass is 10.0. The van der Waals surface area contributed by atoms with Crippen molar-refractivity contribution in [1.29, 1.82) is 0 Å². The predicted octanol–water partition coefficient (Wildman–Crippen LogP) is 1.48. The van der Waals surface area contributed by atoms with E-state index >= 15 is 0 Å². The number of nitrogens with one attached hydrogen (secondary N) is 1. The molecule has 0 bridgehead atoms. The zero-order valence-electron chi connectivity index (χ0n) is 10.6. The molecule has 1 rings (SSSR count). The number of amides is 1. The third kappa shape index (κ3) is 4.33. The molecule has 1 aromatic rings. The zero-order valence-corrected chi connectivity index (χ0v) is 10.6. The normalized spacial score (nSPS) is 13.8. The average molecular weight is 255 g/mol. The first-order chi connectivity index (χ1) is 8.49. The van der Waals surface area contributed by atoms with E-state index in [0.717, 1.165) is 0 Å². The Balaban J connectivity index is 2.47. The van der Waals surface area contributed by atoms with Gasteiger partial charge in [-0.25, -0.2) is 4.39 Å². The van der Waals surface area contributed by atoms with E-state index in [0.29, 0.717) is 12.2 Å². The molecular weight excluding hydrogens is 237 g/mol. The van der Waals surface area contributed by atoms with Crippen molar-refractivity contribution in [3.63, 3.8) is 0 Å². The van der Waals surface area contributed by atoms with Gasteiger partial charge in [-0.3, -0.25) is 4.79 Å². The number of rotatable bonds is 6. The Bertz CT molecular complexity index is 405. The smallest absolute Gasteiger partial charge is 0.258 e. The molecule has 0 saturated carbocycles. The van der Waals surface area contributed by atoms with Crippen molar-refractivity contribution < 1.29 is 19.0 Å². The van der Waals surface area contributed by atoms with Crippen molar-refractivity contribution in [2.24, 2.45) is 0 Å². The maximum Gasteiger partial charge on any atom is 0.258 e. The van der Waals surface area contributed by atoms with Gasteiger partial charge in [-0.05, 0) is 25.5 Å². The van der Waals surface area contributed by atoms with Gasteiger partial charge in [0.05, 0.1) is 12.1 Å². The highest BCUT2D eigenvalue weighted by atomic mass is 19.1. The molecule has 1 amide bonds. The molecule has 1 unspecified atom stereocenters. The summed E-state index contributed by atoms with van der Waals surface area (Å²) in [4.78, 5) is 11.6. The Hall–Kier alpha value is -1.62. The van der Waals surface area contributed by atoms with Gasteiger partial charge in [0.25, 0.3) is 5.91 Å². The molecule has 0 saturated heterocycles. The molecule has 0 heterocycles. The van der Waals surface area contributed by atoms with Crippen LogP contribution in [0.5, 0.6) is 5.75 Å². The molecule has 0 aliphatic heterocycles. The highest BCUT2D eigenvalue weighted by molar-refractivity contribution is 5.78. The summed E-state index contributed by atoms with van der Waals surface area (Å²) in [6.07, 6.45) is 0.606. The molecular formula is C13H18FNO3. The molecule has 0 aromatic heterocycles. The number of ether oxygens (including phenoxy) is 1. The summed E-state index contributed by atoms with van der Waals surface area (Å²) in [5, 5.41) is 11.8. The molecule has 0 radical (unpaired) electrons. The average Bonchev–Trinajstić information content (AvgIpc) is 2.36. The van der Waals surface area contributed by atoms with E-state index in [4.69, 9.17) is 9.84 Å². The Morgan fingerprint density at radius 1 is 1.56 bits per heavy atom. The Morgan fingerprint density at radius 3 is 2.83 bits per heavy atom. The van der Waals surface area contributed by atoms with Crippen molar-refractivity contribution in [2.45, 2.75) is 25.8 Å². The lowest BCUT2D eigenvalue weighted by Crippen LogP contribution is -2.49. The molecule has 2 N–H and O–H groups in total. The van der Waals surface area contributed by atoms with Crippen LogP contribution in [0.1, 0.15) is 20.3 Å². The molecule has 0 aliphatic rings. The van der Waals surface area contributed by atoms with E-state index in [1.54, 1.807) is 13.0 Å². The largest absolute Gasteiger partial charge is 0.484 e. The first-order valence-corrected chi connectivity index (χ1v) is 5.79. The minimum absolute atomic E-state index is 0.144. The summed E-state index contributed by atoms with van der Waals surface area (Å²) in [6, 6.07) is 5.58. The first kappa shape index (κ1) is 14.4. The molecule has 4 nitrogen and oxygen atoms in total. The third-order valence-corrected chi connectivity index (χ3v) is 2.74. The van der Waals surface area contributed by atoms with Gasteiger partial charge in [0.2, 0.25) is 0 Å². The van der Waals surface area contributed by atoms with Crippen LogP contribution < -0.4 is 10.1 Å². The van der Waals surface area contributed by atoms with Gasteiger partial charge >= 0.3 is 0 Å². The standard InChI is InChI=1S/C13H18FNO3/c1-3-13(2,9-16)15-12(17)8-18-11-6-4-5-10(14)7-11/h4-7,16H,3,8-9H2,1-2H3,(H,15,17). The first-order valence-electron chi connectivity index (χ1n) is 5.79. The summed E-state index contributed by atoms with van der Waals surface area (Å²) < 4.78 is 18.0. The lowest BCUT2D eigenvalue weighted by molar-refractivity contribution is -0.125. The number of aliphatic hydroxyl groups is 1. The van der Waals surface area contributed by atoms with Gasteiger partial charge in [-0.15, -0.1) is 0 Å². The molecule has 1 atom stereocenters. The van der Waals surface area contributed by atoms with Crippen LogP contribution in [0.4, 0.5) is 4.39 Å². The molecule has 0 aliphatic carbocycles. The van der Waals surface area contributed by atoms with Crippen LogP contribution in [0.25, 0.3) is 0 Å². The van der Waals surface area contributed by atoms with Crippen LogP contribution in [-0.2, 0) is 4.79 Å². The summed E-state index contributed by atoms with van der Waals surface area (Å²) in [5.74, 6) is -0.466. The Morgan fingerprint density at radius 2 is 2.28 bits per heavy atom. The second kappa shape index (κ2) is 6.35. The zero-order chi connectivity index (χ0) is 13.6. The summed E-state index contributed by atoms with van der Waals surface area (Å²) in [5.41, 5.74) is -0.650. The van der Waals surface area contributed by atoms with E-state index < -0.39 is 11.4 Å². The second-order valence-electron chi connectivity index (χ2n) is 4.37. The van der Waals surface area contributed by atoms with Crippen LogP contribution in [0.3, 0.4) is 0 Å². The molecule has 18 heavy (non-hydrogen) atoms. The molecule has 0 fully saturated rings. The van der Waals surface area contributed by atoms with Gasteiger partial charge in [0.1, 0.15) is 11.6 Å². The maximum absolute atomic E-state index is 12.9. The highest BCUT2D eigenvalue weighted by Gasteiger charge is 2.23. The minimum Gasteiger partial charge on any atom is -0.484 e. The molecule has 0 spiro atoms. The van der Waals surface area contributed by atoms with Crippen LogP contribution in [0, 0.1) is 5.82 Å². The van der Waals surface area contributed by atoms with Gasteiger partial charge in [0.15, 0.2) is 6.61 Å². The minimum atomic E-state index is -0.650. The van der Waals surface area contributed by atoms with Crippen molar-refractivity contribution in [3.05, 3.63) is 30.1 Å². The number of halogens is 1. The topological polar surface area (TPSA) is 58.6 Å². The number of hydrogen-bond acceptors (Lipinski definition) is 3. The monoisotopic (exact) mass is 255 g/mol. The number of carbonyl (C=O) groups excluding carboxylic acids is 1. The van der Waals surface area contributed by atoms with Crippen LogP contribution in [0.15, 0.2) is 24.3 Å². The summed E-state index contributed by atoms with van der Waals surface area (Å²) in [7, 11) is 0.